The zero-order valence-electron chi connectivity index (χ0n) is 15.5. The highest BCUT2D eigenvalue weighted by Gasteiger charge is 2.17. The van der Waals surface area contributed by atoms with Gasteiger partial charge in [-0.3, -0.25) is 9.59 Å². The molecule has 0 spiro atoms. The van der Waals surface area contributed by atoms with E-state index in [-0.39, 0.29) is 24.0 Å². The standard InChI is InChI=1S/C19H18N2O7/c1-11(22)28-18-16(24-2)6-12(7-17(18)25-3)9-20-21-19(23)13-4-5-14-15(8-13)27-10-26-14/h4-9H,10H2,1-3H3,(H,21,23). The minimum atomic E-state index is -0.506. The van der Waals surface area contributed by atoms with Gasteiger partial charge in [-0.25, -0.2) is 5.43 Å². The fraction of sp³-hybridized carbons (Fsp3) is 0.211. The van der Waals surface area contributed by atoms with E-state index in [2.05, 4.69) is 10.5 Å². The van der Waals surface area contributed by atoms with Crippen molar-refractivity contribution in [3.63, 3.8) is 0 Å². The smallest absolute Gasteiger partial charge is 0.308 e. The monoisotopic (exact) mass is 386 g/mol. The van der Waals surface area contributed by atoms with Crippen LogP contribution in [0.1, 0.15) is 22.8 Å². The van der Waals surface area contributed by atoms with Crippen LogP contribution in [0.3, 0.4) is 0 Å². The largest absolute Gasteiger partial charge is 0.493 e. The van der Waals surface area contributed by atoms with Gasteiger partial charge in [0.25, 0.3) is 5.91 Å². The molecule has 9 heteroatoms. The summed E-state index contributed by atoms with van der Waals surface area (Å²) in [5.41, 5.74) is 3.37. The van der Waals surface area contributed by atoms with Gasteiger partial charge in [-0.15, -0.1) is 0 Å². The molecule has 0 saturated heterocycles. The zero-order valence-corrected chi connectivity index (χ0v) is 15.5. The number of amides is 1. The van der Waals surface area contributed by atoms with Crippen LogP contribution >= 0.6 is 0 Å². The summed E-state index contributed by atoms with van der Waals surface area (Å²) in [6.45, 7) is 1.41. The number of esters is 1. The molecule has 28 heavy (non-hydrogen) atoms. The van der Waals surface area contributed by atoms with Gasteiger partial charge in [0, 0.05) is 18.1 Å². The van der Waals surface area contributed by atoms with E-state index in [0.717, 1.165) is 0 Å². The van der Waals surface area contributed by atoms with Gasteiger partial charge in [0.2, 0.25) is 12.5 Å². The van der Waals surface area contributed by atoms with Crippen LogP contribution in [-0.2, 0) is 4.79 Å². The van der Waals surface area contributed by atoms with Crippen LogP contribution in [0.4, 0.5) is 0 Å². The van der Waals surface area contributed by atoms with Crippen LogP contribution in [-0.4, -0.2) is 39.1 Å². The maximum absolute atomic E-state index is 12.2. The number of hydrazone groups is 1. The number of rotatable bonds is 6. The lowest BCUT2D eigenvalue weighted by Crippen LogP contribution is -2.17. The van der Waals surface area contributed by atoms with E-state index >= 15 is 0 Å². The van der Waals surface area contributed by atoms with Crippen LogP contribution in [0.15, 0.2) is 35.4 Å². The van der Waals surface area contributed by atoms with Crippen LogP contribution in [0.2, 0.25) is 0 Å². The quantitative estimate of drug-likeness (QED) is 0.351. The molecule has 3 rings (SSSR count). The van der Waals surface area contributed by atoms with E-state index < -0.39 is 11.9 Å². The van der Waals surface area contributed by atoms with E-state index in [1.54, 1.807) is 30.3 Å². The van der Waals surface area contributed by atoms with Crippen molar-refractivity contribution in [1.29, 1.82) is 0 Å². The Morgan fingerprint density at radius 2 is 1.75 bits per heavy atom. The van der Waals surface area contributed by atoms with Crippen molar-refractivity contribution in [2.75, 3.05) is 21.0 Å². The maximum atomic E-state index is 12.2. The molecule has 1 aliphatic heterocycles. The lowest BCUT2D eigenvalue weighted by molar-refractivity contribution is -0.132. The Hall–Kier alpha value is -3.75. The summed E-state index contributed by atoms with van der Waals surface area (Å²) in [7, 11) is 2.87. The number of hydrogen-bond acceptors (Lipinski definition) is 8. The van der Waals surface area contributed by atoms with Gasteiger partial charge >= 0.3 is 5.97 Å². The van der Waals surface area contributed by atoms with Crippen molar-refractivity contribution in [2.24, 2.45) is 5.10 Å². The molecule has 9 nitrogen and oxygen atoms in total. The second-order valence-corrected chi connectivity index (χ2v) is 5.62. The van der Waals surface area contributed by atoms with Crippen molar-refractivity contribution in [3.8, 4) is 28.7 Å². The predicted octanol–water partition coefficient (Wildman–Crippen LogP) is 2.12. The number of hydrogen-bond donors (Lipinski definition) is 1. The third kappa shape index (κ3) is 4.14. The van der Waals surface area contributed by atoms with Gasteiger partial charge in [-0.2, -0.15) is 5.10 Å². The van der Waals surface area contributed by atoms with Crippen molar-refractivity contribution in [3.05, 3.63) is 41.5 Å². The molecule has 2 aromatic rings. The first-order valence-electron chi connectivity index (χ1n) is 8.19. The Bertz CT molecular complexity index is 915. The first-order valence-corrected chi connectivity index (χ1v) is 8.19. The van der Waals surface area contributed by atoms with E-state index in [1.807, 2.05) is 0 Å². The molecule has 2 aromatic carbocycles. The fourth-order valence-electron chi connectivity index (χ4n) is 2.49. The summed E-state index contributed by atoms with van der Waals surface area (Å²) in [6.07, 6.45) is 1.41. The minimum Gasteiger partial charge on any atom is -0.493 e. The predicted molar refractivity (Wildman–Crippen MR) is 98.5 cm³/mol. The Kier molecular flexibility index (Phi) is 5.64. The number of ether oxygens (including phenoxy) is 5. The van der Waals surface area contributed by atoms with Crippen molar-refractivity contribution >= 4 is 18.1 Å². The Balaban J connectivity index is 1.74. The molecule has 0 unspecified atom stereocenters. The lowest BCUT2D eigenvalue weighted by Gasteiger charge is -2.13. The Morgan fingerprint density at radius 3 is 2.39 bits per heavy atom. The van der Waals surface area contributed by atoms with E-state index in [0.29, 0.717) is 22.6 Å². The SMILES string of the molecule is COc1cc(C=NNC(=O)c2ccc3c(c2)OCO3)cc(OC)c1OC(C)=O. The number of nitrogens with zero attached hydrogens (tertiary/aromatic N) is 1. The van der Waals surface area contributed by atoms with Gasteiger partial charge in [-0.05, 0) is 30.3 Å². The van der Waals surface area contributed by atoms with Crippen molar-refractivity contribution in [1.82, 2.24) is 5.43 Å². The van der Waals surface area contributed by atoms with Crippen molar-refractivity contribution in [2.45, 2.75) is 6.92 Å². The van der Waals surface area contributed by atoms with Gasteiger partial charge in [0.15, 0.2) is 23.0 Å². The molecule has 0 fully saturated rings. The highest BCUT2D eigenvalue weighted by Crippen LogP contribution is 2.38. The number of carbonyl (C=O) groups excluding carboxylic acids is 2. The van der Waals surface area contributed by atoms with E-state index in [4.69, 9.17) is 23.7 Å². The molecule has 0 radical (unpaired) electrons. The third-order valence-corrected chi connectivity index (χ3v) is 3.74. The Labute approximate surface area is 160 Å². The van der Waals surface area contributed by atoms with Crippen LogP contribution in [0, 0.1) is 0 Å². The molecule has 1 aliphatic rings. The van der Waals surface area contributed by atoms with Crippen LogP contribution < -0.4 is 29.1 Å². The molecular weight excluding hydrogens is 368 g/mol. The first kappa shape index (κ1) is 19.0. The van der Waals surface area contributed by atoms with Gasteiger partial charge < -0.3 is 23.7 Å². The van der Waals surface area contributed by atoms with Gasteiger partial charge in [-0.1, -0.05) is 0 Å². The first-order chi connectivity index (χ1) is 13.5. The van der Waals surface area contributed by atoms with Crippen LogP contribution in [0.25, 0.3) is 0 Å². The summed E-state index contributed by atoms with van der Waals surface area (Å²) >= 11 is 0. The number of nitrogens with one attached hydrogen (secondary N) is 1. The molecule has 0 bridgehead atoms. The number of fused-ring (bicyclic) bond motifs is 1. The highest BCUT2D eigenvalue weighted by atomic mass is 16.7. The average molecular weight is 386 g/mol. The fourth-order valence-corrected chi connectivity index (χ4v) is 2.49. The molecule has 146 valence electrons. The summed E-state index contributed by atoms with van der Waals surface area (Å²) < 4.78 is 26.1. The molecular formula is C19H18N2O7. The second kappa shape index (κ2) is 8.30. The highest BCUT2D eigenvalue weighted by molar-refractivity contribution is 5.95. The van der Waals surface area contributed by atoms with E-state index in [1.165, 1.54) is 27.4 Å². The average Bonchev–Trinajstić information content (AvgIpc) is 3.16. The summed E-state index contributed by atoms with van der Waals surface area (Å²) in [5.74, 6) is 0.925. The van der Waals surface area contributed by atoms with Crippen LogP contribution in [0.5, 0.6) is 28.7 Å². The lowest BCUT2D eigenvalue weighted by atomic mass is 10.2. The summed E-state index contributed by atoms with van der Waals surface area (Å²) in [4.78, 5) is 23.5. The molecule has 1 N–H and O–H groups in total. The molecule has 1 heterocycles. The van der Waals surface area contributed by atoms with Gasteiger partial charge in [0.05, 0.1) is 20.4 Å². The Morgan fingerprint density at radius 1 is 1.07 bits per heavy atom. The number of methoxy groups -OCH3 is 2. The normalized spacial score (nSPS) is 12.0. The summed E-state index contributed by atoms with van der Waals surface area (Å²) in [6, 6.07) is 8.03. The van der Waals surface area contributed by atoms with E-state index in [9.17, 15) is 9.59 Å². The summed E-state index contributed by atoms with van der Waals surface area (Å²) in [5, 5.41) is 3.94. The number of carbonyl (C=O) groups is 2. The molecule has 0 atom stereocenters. The number of benzene rings is 2. The minimum absolute atomic E-state index is 0.131. The molecule has 1 amide bonds. The molecule has 0 aromatic heterocycles. The maximum Gasteiger partial charge on any atom is 0.308 e. The topological polar surface area (TPSA) is 105 Å². The molecule has 0 aliphatic carbocycles. The second-order valence-electron chi connectivity index (χ2n) is 5.62. The molecule has 0 saturated carbocycles. The third-order valence-electron chi connectivity index (χ3n) is 3.74. The zero-order chi connectivity index (χ0) is 20.1. The van der Waals surface area contributed by atoms with Crippen molar-refractivity contribution < 1.29 is 33.3 Å². The van der Waals surface area contributed by atoms with Gasteiger partial charge in [0.1, 0.15) is 0 Å².